The Morgan fingerprint density at radius 3 is 2.54 bits per heavy atom. The molecule has 1 aliphatic rings. The van der Waals surface area contributed by atoms with Gasteiger partial charge in [0.2, 0.25) is 11.8 Å². The summed E-state index contributed by atoms with van der Waals surface area (Å²) in [6.07, 6.45) is 0.518. The fourth-order valence-electron chi connectivity index (χ4n) is 4.16. The number of rotatable bonds is 8. The van der Waals surface area contributed by atoms with Crippen LogP contribution in [0.25, 0.3) is 0 Å². The van der Waals surface area contributed by atoms with Crippen molar-refractivity contribution in [2.24, 2.45) is 0 Å². The number of methoxy groups -OCH3 is 2. The van der Waals surface area contributed by atoms with Crippen LogP contribution in [0.2, 0.25) is 0 Å². The van der Waals surface area contributed by atoms with Gasteiger partial charge in [0, 0.05) is 34.5 Å². The van der Waals surface area contributed by atoms with E-state index in [9.17, 15) is 19.2 Å². The Morgan fingerprint density at radius 2 is 1.82 bits per heavy atom. The van der Waals surface area contributed by atoms with Crippen LogP contribution in [0.5, 0.6) is 5.75 Å². The van der Waals surface area contributed by atoms with Gasteiger partial charge in [0.25, 0.3) is 5.91 Å². The first kappa shape index (κ1) is 28.2. The molecule has 3 aromatic rings. The first-order valence-corrected chi connectivity index (χ1v) is 13.9. The van der Waals surface area contributed by atoms with Crippen molar-refractivity contribution in [2.75, 3.05) is 31.4 Å². The van der Waals surface area contributed by atoms with Crippen LogP contribution in [-0.4, -0.2) is 54.6 Å². The Balaban J connectivity index is 1.45. The van der Waals surface area contributed by atoms with Gasteiger partial charge in [-0.15, -0.1) is 23.1 Å². The van der Waals surface area contributed by atoms with E-state index in [1.807, 2.05) is 6.07 Å². The lowest BCUT2D eigenvalue weighted by molar-refractivity contribution is -0.129. The third kappa shape index (κ3) is 6.61. The molecule has 2 N–H and O–H groups in total. The highest BCUT2D eigenvalue weighted by atomic mass is 32.2. The zero-order valence-electron chi connectivity index (χ0n) is 22.0. The molecule has 2 heterocycles. The van der Waals surface area contributed by atoms with E-state index in [2.05, 4.69) is 10.6 Å². The van der Waals surface area contributed by atoms with Crippen molar-refractivity contribution in [3.05, 3.63) is 70.1 Å². The van der Waals surface area contributed by atoms with Crippen LogP contribution in [0.3, 0.4) is 0 Å². The molecule has 3 amide bonds. The minimum Gasteiger partial charge on any atom is -0.497 e. The van der Waals surface area contributed by atoms with Gasteiger partial charge >= 0.3 is 5.97 Å². The molecule has 11 heteroatoms. The predicted octanol–water partition coefficient (Wildman–Crippen LogP) is 4.82. The molecule has 2 aromatic carbocycles. The Labute approximate surface area is 234 Å². The van der Waals surface area contributed by atoms with Gasteiger partial charge in [-0.25, -0.2) is 4.79 Å². The summed E-state index contributed by atoms with van der Waals surface area (Å²) in [5.74, 6) is -0.518. The van der Waals surface area contributed by atoms with Gasteiger partial charge in [-0.1, -0.05) is 12.1 Å². The molecule has 1 unspecified atom stereocenters. The molecule has 1 aliphatic heterocycles. The number of thiophene rings is 1. The molecule has 0 spiro atoms. The summed E-state index contributed by atoms with van der Waals surface area (Å²) in [6.45, 7) is 4.19. The molecule has 0 saturated carbocycles. The number of benzene rings is 2. The van der Waals surface area contributed by atoms with E-state index in [4.69, 9.17) is 9.47 Å². The number of hydrogen-bond donors (Lipinski definition) is 2. The summed E-state index contributed by atoms with van der Waals surface area (Å²) in [6, 6.07) is 14.1. The smallest absolute Gasteiger partial charge is 0.341 e. The van der Waals surface area contributed by atoms with Gasteiger partial charge in [-0.05, 0) is 55.3 Å². The molecule has 204 valence electrons. The molecule has 0 aliphatic carbocycles. The third-order valence-electron chi connectivity index (χ3n) is 6.23. The number of anilines is 2. The van der Waals surface area contributed by atoms with Gasteiger partial charge < -0.3 is 25.0 Å². The van der Waals surface area contributed by atoms with Crippen molar-refractivity contribution in [3.63, 3.8) is 0 Å². The Kier molecular flexibility index (Phi) is 8.93. The maximum Gasteiger partial charge on any atom is 0.341 e. The summed E-state index contributed by atoms with van der Waals surface area (Å²) >= 11 is 2.62. The average molecular weight is 568 g/mol. The lowest BCUT2D eigenvalue weighted by atomic mass is 10.0. The van der Waals surface area contributed by atoms with E-state index in [-0.39, 0.29) is 17.7 Å². The number of ether oxygens (including phenoxy) is 2. The van der Waals surface area contributed by atoms with Crippen molar-refractivity contribution in [3.8, 4) is 5.75 Å². The fraction of sp³-hybridized carbons (Fsp3) is 0.286. The van der Waals surface area contributed by atoms with E-state index >= 15 is 0 Å². The lowest BCUT2D eigenvalue weighted by Gasteiger charge is -2.25. The van der Waals surface area contributed by atoms with Crippen LogP contribution >= 0.6 is 23.1 Å². The zero-order valence-corrected chi connectivity index (χ0v) is 23.7. The van der Waals surface area contributed by atoms with Gasteiger partial charge in [0.15, 0.2) is 0 Å². The van der Waals surface area contributed by atoms with Gasteiger partial charge in [-0.2, -0.15) is 0 Å². The maximum absolute atomic E-state index is 13.1. The van der Waals surface area contributed by atoms with E-state index in [1.165, 1.54) is 37.1 Å². The van der Waals surface area contributed by atoms with Crippen molar-refractivity contribution in [1.82, 2.24) is 4.90 Å². The number of nitrogens with zero attached hydrogens (tertiary/aromatic N) is 1. The number of hydrogen-bond acceptors (Lipinski definition) is 8. The number of carbonyl (C=O) groups excluding carboxylic acids is 4. The van der Waals surface area contributed by atoms with Gasteiger partial charge in [-0.3, -0.25) is 14.4 Å². The number of esters is 1. The largest absolute Gasteiger partial charge is 0.497 e. The van der Waals surface area contributed by atoms with Crippen molar-refractivity contribution < 1.29 is 28.7 Å². The van der Waals surface area contributed by atoms with Gasteiger partial charge in [0.1, 0.15) is 10.8 Å². The monoisotopic (exact) mass is 567 g/mol. The maximum atomic E-state index is 13.1. The van der Waals surface area contributed by atoms with Crippen molar-refractivity contribution in [2.45, 2.75) is 37.0 Å². The number of carbonyl (C=O) groups is 4. The van der Waals surface area contributed by atoms with Crippen LogP contribution in [0, 0.1) is 0 Å². The van der Waals surface area contributed by atoms with Gasteiger partial charge in [0.05, 0.1) is 31.6 Å². The fourth-order valence-corrected chi connectivity index (χ4v) is 6.34. The molecule has 9 nitrogen and oxygen atoms in total. The number of thioether (sulfide) groups is 1. The molecule has 0 fully saturated rings. The number of nitrogens with one attached hydrogen (secondary N) is 2. The van der Waals surface area contributed by atoms with Crippen LogP contribution in [0.1, 0.15) is 45.0 Å². The topological polar surface area (TPSA) is 114 Å². The molecule has 1 aromatic heterocycles. The first-order valence-electron chi connectivity index (χ1n) is 12.2. The standard InChI is InChI=1S/C28H29N3O6S2/c1-16(38-21-10-6-8-19(14-21)29-26(34)18-7-5-9-20(13-18)36-3)25(33)30-27-24(28(35)37-4)22-11-12-31(17(2)32)15-23(22)39-27/h5-10,13-14,16H,11-12,15H2,1-4H3,(H,29,34)(H,30,33). The quantitative estimate of drug-likeness (QED) is 0.296. The van der Waals surface area contributed by atoms with E-state index < -0.39 is 11.2 Å². The van der Waals surface area contributed by atoms with Crippen LogP contribution in [-0.2, 0) is 27.3 Å². The molecular formula is C28H29N3O6S2. The Morgan fingerprint density at radius 1 is 1.05 bits per heavy atom. The van der Waals surface area contributed by atoms with Crippen molar-refractivity contribution in [1.29, 1.82) is 0 Å². The summed E-state index contributed by atoms with van der Waals surface area (Å²) < 4.78 is 10.2. The number of fused-ring (bicyclic) bond motifs is 1. The summed E-state index contributed by atoms with van der Waals surface area (Å²) in [5.41, 5.74) is 2.23. The summed E-state index contributed by atoms with van der Waals surface area (Å²) in [4.78, 5) is 53.6. The highest BCUT2D eigenvalue weighted by molar-refractivity contribution is 8.00. The molecule has 39 heavy (non-hydrogen) atoms. The molecule has 0 saturated heterocycles. The molecule has 0 bridgehead atoms. The van der Waals surface area contributed by atoms with Crippen LogP contribution < -0.4 is 15.4 Å². The minimum atomic E-state index is -0.515. The Bertz CT molecular complexity index is 1420. The van der Waals surface area contributed by atoms with Crippen molar-refractivity contribution >= 4 is 57.5 Å². The average Bonchev–Trinajstić information content (AvgIpc) is 3.29. The normalized spacial score (nSPS) is 13.2. The zero-order chi connectivity index (χ0) is 28.1. The molecule has 0 radical (unpaired) electrons. The van der Waals surface area contributed by atoms with E-state index in [0.29, 0.717) is 47.1 Å². The summed E-state index contributed by atoms with van der Waals surface area (Å²) in [7, 11) is 2.85. The first-order chi connectivity index (χ1) is 18.7. The second kappa shape index (κ2) is 12.4. The second-order valence-corrected chi connectivity index (χ2v) is 11.4. The molecule has 1 atom stereocenters. The lowest BCUT2D eigenvalue weighted by Crippen LogP contribution is -2.33. The van der Waals surface area contributed by atoms with Crippen LogP contribution in [0.4, 0.5) is 10.7 Å². The predicted molar refractivity (Wildman–Crippen MR) is 152 cm³/mol. The summed E-state index contributed by atoms with van der Waals surface area (Å²) in [5, 5.41) is 5.69. The highest BCUT2D eigenvalue weighted by Crippen LogP contribution is 2.38. The second-order valence-electron chi connectivity index (χ2n) is 8.85. The number of amides is 3. The minimum absolute atomic E-state index is 0.0359. The highest BCUT2D eigenvalue weighted by Gasteiger charge is 2.30. The molecule has 4 rings (SSSR count). The Hall–Kier alpha value is -3.83. The van der Waals surface area contributed by atoms with E-state index in [1.54, 1.807) is 61.4 Å². The van der Waals surface area contributed by atoms with Crippen LogP contribution in [0.15, 0.2) is 53.4 Å². The molecular weight excluding hydrogens is 538 g/mol. The van der Waals surface area contributed by atoms with E-state index in [0.717, 1.165) is 15.3 Å². The SMILES string of the molecule is COC(=O)c1c(NC(=O)C(C)Sc2cccc(NC(=O)c3cccc(OC)c3)c2)sc2c1CCN(C(C)=O)C2. The third-order valence-corrected chi connectivity index (χ3v) is 8.46.